The van der Waals surface area contributed by atoms with Crippen LogP contribution >= 0.6 is 0 Å². The minimum Gasteiger partial charge on any atom is -0.465 e. The Morgan fingerprint density at radius 2 is 2.19 bits per heavy atom. The molecule has 2 unspecified atom stereocenters. The summed E-state index contributed by atoms with van der Waals surface area (Å²) in [6, 6.07) is 4.59. The van der Waals surface area contributed by atoms with Crippen molar-refractivity contribution in [2.24, 2.45) is 11.3 Å². The fourth-order valence-electron chi connectivity index (χ4n) is 2.44. The van der Waals surface area contributed by atoms with E-state index in [0.29, 0.717) is 11.5 Å². The van der Waals surface area contributed by atoms with Crippen molar-refractivity contribution in [2.45, 2.75) is 46.6 Å². The lowest BCUT2D eigenvalue weighted by molar-refractivity contribution is 0.344. The number of hydrogen-bond acceptors (Lipinski definition) is 2. The quantitative estimate of drug-likeness (QED) is 0.820. The fraction of sp³-hybridized carbons (Fsp3) is 0.714. The van der Waals surface area contributed by atoms with E-state index in [4.69, 9.17) is 4.42 Å². The third-order valence-corrected chi connectivity index (χ3v) is 3.67. The lowest BCUT2D eigenvalue weighted by Crippen LogP contribution is -2.25. The van der Waals surface area contributed by atoms with Gasteiger partial charge in [-0.15, -0.1) is 0 Å². The van der Waals surface area contributed by atoms with Gasteiger partial charge in [-0.2, -0.15) is 0 Å². The van der Waals surface area contributed by atoms with Crippen LogP contribution in [0, 0.1) is 18.3 Å². The maximum Gasteiger partial charge on any atom is 0.121 e. The summed E-state index contributed by atoms with van der Waals surface area (Å²) in [5.41, 5.74) is 0.478. The number of nitrogens with one attached hydrogen (secondary N) is 1. The summed E-state index contributed by atoms with van der Waals surface area (Å²) in [4.78, 5) is 0. The third-order valence-electron chi connectivity index (χ3n) is 3.67. The highest BCUT2D eigenvalue weighted by molar-refractivity contribution is 5.16. The van der Waals surface area contributed by atoms with Crippen LogP contribution in [0.25, 0.3) is 0 Å². The summed E-state index contributed by atoms with van der Waals surface area (Å²) in [6.07, 6.45) is 2.47. The minimum atomic E-state index is 0.406. The molecule has 1 aromatic heterocycles. The zero-order chi connectivity index (χ0) is 11.8. The molecule has 2 rings (SSSR count). The van der Waals surface area contributed by atoms with Gasteiger partial charge in [0, 0.05) is 0 Å². The standard InChI is InChI=1S/C14H23NO/c1-5-8-15-13(11-9-14(11,3)4)12-7-6-10(2)16-12/h6-7,11,13,15H,5,8-9H2,1-4H3. The highest BCUT2D eigenvalue weighted by Gasteiger charge is 2.51. The van der Waals surface area contributed by atoms with E-state index in [2.05, 4.69) is 38.2 Å². The maximum absolute atomic E-state index is 5.77. The molecule has 90 valence electrons. The van der Waals surface area contributed by atoms with E-state index in [1.54, 1.807) is 0 Å². The zero-order valence-electron chi connectivity index (χ0n) is 10.8. The van der Waals surface area contributed by atoms with Crippen molar-refractivity contribution >= 4 is 0 Å². The molecule has 1 fully saturated rings. The molecule has 1 heterocycles. The van der Waals surface area contributed by atoms with E-state index < -0.39 is 0 Å². The molecule has 1 saturated carbocycles. The number of rotatable bonds is 5. The van der Waals surface area contributed by atoms with Crippen LogP contribution in [0.5, 0.6) is 0 Å². The molecule has 0 bridgehead atoms. The molecular formula is C14H23NO. The summed E-state index contributed by atoms with van der Waals surface area (Å²) in [5.74, 6) is 2.85. The van der Waals surface area contributed by atoms with Crippen molar-refractivity contribution < 1.29 is 4.42 Å². The van der Waals surface area contributed by atoms with Crippen LogP contribution in [0.4, 0.5) is 0 Å². The topological polar surface area (TPSA) is 25.2 Å². The average Bonchev–Trinajstić information content (AvgIpc) is 2.64. The predicted molar refractivity (Wildman–Crippen MR) is 66.4 cm³/mol. The Kier molecular flexibility index (Phi) is 3.11. The van der Waals surface area contributed by atoms with Gasteiger partial charge in [-0.3, -0.25) is 0 Å². The molecule has 0 aromatic carbocycles. The number of furan rings is 1. The van der Waals surface area contributed by atoms with Gasteiger partial charge in [0.15, 0.2) is 0 Å². The molecule has 2 nitrogen and oxygen atoms in total. The van der Waals surface area contributed by atoms with Crippen molar-refractivity contribution in [3.05, 3.63) is 23.7 Å². The third kappa shape index (κ3) is 2.32. The molecule has 2 heteroatoms. The second-order valence-electron chi connectivity index (χ2n) is 5.68. The SMILES string of the molecule is CCCNC(c1ccc(C)o1)C1CC1(C)C. The van der Waals surface area contributed by atoms with Crippen LogP contribution in [0.2, 0.25) is 0 Å². The molecule has 0 aliphatic heterocycles. The van der Waals surface area contributed by atoms with Gasteiger partial charge in [-0.1, -0.05) is 20.8 Å². The Morgan fingerprint density at radius 1 is 1.50 bits per heavy atom. The lowest BCUT2D eigenvalue weighted by Gasteiger charge is -2.18. The van der Waals surface area contributed by atoms with Gasteiger partial charge in [-0.05, 0) is 49.8 Å². The molecule has 1 aliphatic carbocycles. The highest BCUT2D eigenvalue weighted by atomic mass is 16.3. The minimum absolute atomic E-state index is 0.406. The van der Waals surface area contributed by atoms with Gasteiger partial charge in [0.05, 0.1) is 6.04 Å². The van der Waals surface area contributed by atoms with Crippen LogP contribution in [-0.4, -0.2) is 6.54 Å². The molecule has 1 N–H and O–H groups in total. The van der Waals surface area contributed by atoms with Crippen LogP contribution in [-0.2, 0) is 0 Å². The molecule has 16 heavy (non-hydrogen) atoms. The first-order chi connectivity index (χ1) is 7.54. The smallest absolute Gasteiger partial charge is 0.121 e. The van der Waals surface area contributed by atoms with E-state index in [0.717, 1.165) is 24.0 Å². The Hall–Kier alpha value is -0.760. The lowest BCUT2D eigenvalue weighted by atomic mass is 10.0. The maximum atomic E-state index is 5.77. The van der Waals surface area contributed by atoms with E-state index in [-0.39, 0.29) is 0 Å². The summed E-state index contributed by atoms with van der Waals surface area (Å²) >= 11 is 0. The van der Waals surface area contributed by atoms with Crippen LogP contribution < -0.4 is 5.32 Å². The summed E-state index contributed by atoms with van der Waals surface area (Å²) in [5, 5.41) is 3.62. The summed E-state index contributed by atoms with van der Waals surface area (Å²) in [7, 11) is 0. The average molecular weight is 221 g/mol. The molecule has 2 atom stereocenters. The van der Waals surface area contributed by atoms with Gasteiger partial charge in [0.2, 0.25) is 0 Å². The van der Waals surface area contributed by atoms with Gasteiger partial charge >= 0.3 is 0 Å². The van der Waals surface area contributed by atoms with E-state index >= 15 is 0 Å². The van der Waals surface area contributed by atoms with E-state index in [1.807, 2.05) is 6.92 Å². The number of aryl methyl sites for hydroxylation is 1. The molecule has 0 saturated heterocycles. The first-order valence-electron chi connectivity index (χ1n) is 6.34. The second-order valence-corrected chi connectivity index (χ2v) is 5.68. The van der Waals surface area contributed by atoms with Gasteiger partial charge in [0.1, 0.15) is 11.5 Å². The molecular weight excluding hydrogens is 198 g/mol. The van der Waals surface area contributed by atoms with Crippen LogP contribution in [0.15, 0.2) is 16.5 Å². The Labute approximate surface area is 98.4 Å². The molecule has 0 amide bonds. The summed E-state index contributed by atoms with van der Waals surface area (Å²) < 4.78 is 5.77. The van der Waals surface area contributed by atoms with Crippen molar-refractivity contribution in [1.29, 1.82) is 0 Å². The van der Waals surface area contributed by atoms with Gasteiger partial charge in [0.25, 0.3) is 0 Å². The van der Waals surface area contributed by atoms with Crippen molar-refractivity contribution in [2.75, 3.05) is 6.54 Å². The molecule has 0 radical (unpaired) electrons. The zero-order valence-corrected chi connectivity index (χ0v) is 10.8. The van der Waals surface area contributed by atoms with E-state index in [1.165, 1.54) is 12.8 Å². The first kappa shape index (κ1) is 11.7. The Morgan fingerprint density at radius 3 is 2.62 bits per heavy atom. The highest BCUT2D eigenvalue weighted by Crippen LogP contribution is 2.57. The van der Waals surface area contributed by atoms with Crippen molar-refractivity contribution in [3.8, 4) is 0 Å². The predicted octanol–water partition coefficient (Wildman–Crippen LogP) is 3.67. The Bertz CT molecular complexity index is 353. The molecule has 1 aliphatic rings. The monoisotopic (exact) mass is 221 g/mol. The van der Waals surface area contributed by atoms with Crippen molar-refractivity contribution in [3.63, 3.8) is 0 Å². The molecule has 0 spiro atoms. The van der Waals surface area contributed by atoms with Crippen LogP contribution in [0.3, 0.4) is 0 Å². The van der Waals surface area contributed by atoms with Crippen molar-refractivity contribution in [1.82, 2.24) is 5.32 Å². The van der Waals surface area contributed by atoms with Gasteiger partial charge < -0.3 is 9.73 Å². The summed E-state index contributed by atoms with van der Waals surface area (Å²) in [6.45, 7) is 9.97. The first-order valence-corrected chi connectivity index (χ1v) is 6.34. The van der Waals surface area contributed by atoms with Gasteiger partial charge in [-0.25, -0.2) is 0 Å². The second kappa shape index (κ2) is 4.25. The fourth-order valence-corrected chi connectivity index (χ4v) is 2.44. The largest absolute Gasteiger partial charge is 0.465 e. The number of hydrogen-bond donors (Lipinski definition) is 1. The Balaban J connectivity index is 2.09. The molecule has 1 aromatic rings. The van der Waals surface area contributed by atoms with E-state index in [9.17, 15) is 0 Å². The normalized spacial score (nSPS) is 24.4. The van der Waals surface area contributed by atoms with Crippen LogP contribution in [0.1, 0.15) is 51.2 Å².